The van der Waals surface area contributed by atoms with Crippen molar-refractivity contribution in [3.8, 4) is 0 Å². The molecule has 0 fully saturated rings. The van der Waals surface area contributed by atoms with Crippen LogP contribution in [0, 0.1) is 0 Å². The van der Waals surface area contributed by atoms with Crippen LogP contribution in [0.2, 0.25) is 0 Å². The number of aromatic nitrogens is 2. The molecule has 0 saturated carbocycles. The summed E-state index contributed by atoms with van der Waals surface area (Å²) in [6.07, 6.45) is 16.0. The van der Waals surface area contributed by atoms with E-state index < -0.39 is 6.10 Å². The molecule has 1 aromatic heterocycles. The number of carbonyl (C=O) groups excluding carboxylic acids is 2. The Balaban J connectivity index is 1.75. The minimum absolute atomic E-state index is 0.0641. The first-order valence-corrected chi connectivity index (χ1v) is 10.8. The van der Waals surface area contributed by atoms with E-state index in [4.69, 9.17) is 0 Å². The highest BCUT2D eigenvalue weighted by molar-refractivity contribution is 6.23. The van der Waals surface area contributed by atoms with Crippen LogP contribution in [0.5, 0.6) is 0 Å². The number of Topliss-reactive ketones (excluding diaryl/α,β-unsaturated/α-hetero) is 1. The normalized spacial score (nSPS) is 14.8. The van der Waals surface area contributed by atoms with E-state index in [9.17, 15) is 14.7 Å². The Morgan fingerprint density at radius 1 is 1.03 bits per heavy atom. The van der Waals surface area contributed by atoms with Crippen molar-refractivity contribution in [3.05, 3.63) is 40.9 Å². The summed E-state index contributed by atoms with van der Waals surface area (Å²) in [7, 11) is 1.58. The molecule has 1 aliphatic carbocycles. The molecule has 0 amide bonds. The molecule has 0 radical (unpaired) electrons. The molecule has 1 aliphatic rings. The van der Waals surface area contributed by atoms with Crippen LogP contribution in [-0.4, -0.2) is 40.0 Å². The van der Waals surface area contributed by atoms with Crippen LogP contribution in [0.25, 0.3) is 6.08 Å². The van der Waals surface area contributed by atoms with Crippen molar-refractivity contribution in [1.82, 2.24) is 15.5 Å². The van der Waals surface area contributed by atoms with Crippen LogP contribution in [0.15, 0.2) is 23.9 Å². The zero-order valence-electron chi connectivity index (χ0n) is 17.6. The standard InChI is InChI=1S/C23H33N3O3/c1-3-4-5-6-7-8-9-10-11-12-18(27)14-13-17-15-19-21(28)16-20(24-2)23(29)22(19)26-25-17/h13-16,18,24,27H,3-12H2,1-2H3/b14-13+/t18-/m1/s1. The Morgan fingerprint density at radius 3 is 2.34 bits per heavy atom. The smallest absolute Gasteiger partial charge is 0.229 e. The Labute approximate surface area is 173 Å². The summed E-state index contributed by atoms with van der Waals surface area (Å²) in [5.41, 5.74) is 0.986. The van der Waals surface area contributed by atoms with E-state index in [0.717, 1.165) is 12.8 Å². The number of nitrogens with one attached hydrogen (secondary N) is 1. The number of rotatable bonds is 13. The van der Waals surface area contributed by atoms with Crippen molar-refractivity contribution in [1.29, 1.82) is 0 Å². The first-order valence-electron chi connectivity index (χ1n) is 10.8. The lowest BCUT2D eigenvalue weighted by atomic mass is 9.97. The summed E-state index contributed by atoms with van der Waals surface area (Å²) < 4.78 is 0. The van der Waals surface area contributed by atoms with E-state index in [1.165, 1.54) is 51.0 Å². The van der Waals surface area contributed by atoms with Crippen molar-refractivity contribution in [3.63, 3.8) is 0 Å². The van der Waals surface area contributed by atoms with E-state index >= 15 is 0 Å². The van der Waals surface area contributed by atoms with E-state index in [0.29, 0.717) is 12.1 Å². The third-order valence-electron chi connectivity index (χ3n) is 5.18. The third kappa shape index (κ3) is 7.20. The van der Waals surface area contributed by atoms with Crippen molar-refractivity contribution < 1.29 is 14.7 Å². The van der Waals surface area contributed by atoms with E-state index in [2.05, 4.69) is 22.4 Å². The molecule has 1 atom stereocenters. The van der Waals surface area contributed by atoms with Crippen LogP contribution in [0.4, 0.5) is 0 Å². The number of aliphatic hydroxyl groups is 1. The molecule has 158 valence electrons. The van der Waals surface area contributed by atoms with Crippen molar-refractivity contribution >= 4 is 17.6 Å². The Hall–Kier alpha value is -2.34. The first kappa shape index (κ1) is 22.9. The number of ketones is 2. The van der Waals surface area contributed by atoms with Gasteiger partial charge >= 0.3 is 0 Å². The van der Waals surface area contributed by atoms with Gasteiger partial charge in [0.15, 0.2) is 5.78 Å². The highest BCUT2D eigenvalue weighted by Gasteiger charge is 2.27. The highest BCUT2D eigenvalue weighted by atomic mass is 16.3. The fourth-order valence-corrected chi connectivity index (χ4v) is 3.40. The van der Waals surface area contributed by atoms with Crippen LogP contribution in [0.3, 0.4) is 0 Å². The predicted octanol–water partition coefficient (Wildman–Crippen LogP) is 4.25. The molecule has 29 heavy (non-hydrogen) atoms. The van der Waals surface area contributed by atoms with E-state index in [-0.39, 0.29) is 28.5 Å². The van der Waals surface area contributed by atoms with Gasteiger partial charge in [-0.05, 0) is 18.6 Å². The van der Waals surface area contributed by atoms with Gasteiger partial charge in [0, 0.05) is 13.1 Å². The van der Waals surface area contributed by atoms with Crippen LogP contribution < -0.4 is 5.32 Å². The maximum Gasteiger partial charge on any atom is 0.229 e. The maximum atomic E-state index is 12.2. The largest absolute Gasteiger partial charge is 0.389 e. The number of aliphatic hydroxyl groups excluding tert-OH is 1. The average molecular weight is 400 g/mol. The Morgan fingerprint density at radius 2 is 1.69 bits per heavy atom. The van der Waals surface area contributed by atoms with Crippen LogP contribution in [0.1, 0.15) is 97.7 Å². The maximum absolute atomic E-state index is 12.2. The number of likely N-dealkylation sites (N-methyl/N-ethyl adjacent to an activating group) is 1. The molecule has 0 aromatic carbocycles. The highest BCUT2D eigenvalue weighted by Crippen LogP contribution is 2.19. The molecule has 2 rings (SSSR count). The molecular formula is C23H33N3O3. The Kier molecular flexibility index (Phi) is 9.71. The second-order valence-electron chi connectivity index (χ2n) is 7.58. The Bertz CT molecular complexity index is 756. The lowest BCUT2D eigenvalue weighted by molar-refractivity contribution is 0.0974. The summed E-state index contributed by atoms with van der Waals surface area (Å²) >= 11 is 0. The zero-order valence-corrected chi connectivity index (χ0v) is 17.6. The van der Waals surface area contributed by atoms with Crippen molar-refractivity contribution in [2.24, 2.45) is 0 Å². The molecule has 0 saturated heterocycles. The minimum Gasteiger partial charge on any atom is -0.389 e. The van der Waals surface area contributed by atoms with Gasteiger partial charge in [-0.3, -0.25) is 9.59 Å². The second kappa shape index (κ2) is 12.3. The van der Waals surface area contributed by atoms with Crippen molar-refractivity contribution in [2.45, 2.75) is 77.2 Å². The van der Waals surface area contributed by atoms with Gasteiger partial charge in [-0.15, -0.1) is 5.10 Å². The molecule has 2 N–H and O–H groups in total. The monoisotopic (exact) mass is 399 g/mol. The van der Waals surface area contributed by atoms with E-state index in [1.54, 1.807) is 25.3 Å². The van der Waals surface area contributed by atoms with Gasteiger partial charge in [0.25, 0.3) is 0 Å². The number of hydrogen-bond donors (Lipinski definition) is 2. The SMILES string of the molecule is CCCCCCCCCCC[C@@H](O)/C=C/c1cc2c(nn1)C(=O)C(NC)=CC2=O. The van der Waals surface area contributed by atoms with Gasteiger partial charge in [-0.25, -0.2) is 0 Å². The van der Waals surface area contributed by atoms with Crippen LogP contribution >= 0.6 is 0 Å². The fraction of sp³-hybridized carbons (Fsp3) is 0.565. The lowest BCUT2D eigenvalue weighted by Crippen LogP contribution is -2.26. The zero-order chi connectivity index (χ0) is 21.1. The van der Waals surface area contributed by atoms with Gasteiger partial charge < -0.3 is 10.4 Å². The van der Waals surface area contributed by atoms with Gasteiger partial charge in [0.2, 0.25) is 5.78 Å². The van der Waals surface area contributed by atoms with E-state index in [1.807, 2.05) is 0 Å². The first-order chi connectivity index (χ1) is 14.1. The molecule has 0 unspecified atom stereocenters. The summed E-state index contributed by atoms with van der Waals surface area (Å²) in [6, 6.07) is 1.55. The number of unbranched alkanes of at least 4 members (excludes halogenated alkanes) is 8. The summed E-state index contributed by atoms with van der Waals surface area (Å²) in [5, 5.41) is 20.7. The summed E-state index contributed by atoms with van der Waals surface area (Å²) in [6.45, 7) is 2.23. The van der Waals surface area contributed by atoms with Crippen molar-refractivity contribution in [2.75, 3.05) is 7.05 Å². The van der Waals surface area contributed by atoms with Gasteiger partial charge in [-0.1, -0.05) is 70.8 Å². The summed E-state index contributed by atoms with van der Waals surface area (Å²) in [4.78, 5) is 24.4. The topological polar surface area (TPSA) is 92.2 Å². The second-order valence-corrected chi connectivity index (χ2v) is 7.58. The number of carbonyl (C=O) groups is 2. The molecule has 1 heterocycles. The minimum atomic E-state index is -0.550. The number of fused-ring (bicyclic) bond motifs is 1. The average Bonchev–Trinajstić information content (AvgIpc) is 2.73. The predicted molar refractivity (Wildman–Crippen MR) is 115 cm³/mol. The third-order valence-corrected chi connectivity index (χ3v) is 5.18. The van der Waals surface area contributed by atoms with Gasteiger partial charge in [0.1, 0.15) is 5.69 Å². The quantitative estimate of drug-likeness (QED) is 0.482. The molecule has 6 heteroatoms. The number of hydrogen-bond acceptors (Lipinski definition) is 6. The molecule has 6 nitrogen and oxygen atoms in total. The van der Waals surface area contributed by atoms with Gasteiger partial charge in [-0.2, -0.15) is 5.10 Å². The lowest BCUT2D eigenvalue weighted by Gasteiger charge is -2.13. The summed E-state index contributed by atoms with van der Waals surface area (Å²) in [5.74, 6) is -0.612. The molecule has 0 bridgehead atoms. The molecule has 0 aliphatic heterocycles. The number of nitrogens with zero attached hydrogens (tertiary/aromatic N) is 2. The molecule has 1 aromatic rings. The number of allylic oxidation sites excluding steroid dienone is 2. The van der Waals surface area contributed by atoms with Crippen LogP contribution in [-0.2, 0) is 0 Å². The van der Waals surface area contributed by atoms with Gasteiger partial charge in [0.05, 0.1) is 23.1 Å². The molecule has 0 spiro atoms. The molecular weight excluding hydrogens is 366 g/mol. The fourth-order valence-electron chi connectivity index (χ4n) is 3.40.